The van der Waals surface area contributed by atoms with Crippen LogP contribution in [0.25, 0.3) is 0 Å². The molecule has 0 bridgehead atoms. The first-order chi connectivity index (χ1) is 7.53. The number of hydrogen-bond donors (Lipinski definition) is 3. The van der Waals surface area contributed by atoms with Gasteiger partial charge in [-0.25, -0.2) is 0 Å². The van der Waals surface area contributed by atoms with Gasteiger partial charge in [0.2, 0.25) is 0 Å². The summed E-state index contributed by atoms with van der Waals surface area (Å²) in [4.78, 5) is 10.5. The third-order valence-electron chi connectivity index (χ3n) is 3.52. The van der Waals surface area contributed by atoms with Crippen LogP contribution in [0.15, 0.2) is 0 Å². The van der Waals surface area contributed by atoms with E-state index in [0.29, 0.717) is 12.0 Å². The van der Waals surface area contributed by atoms with Crippen LogP contribution in [-0.4, -0.2) is 29.2 Å². The van der Waals surface area contributed by atoms with Gasteiger partial charge in [0, 0.05) is 5.54 Å². The van der Waals surface area contributed by atoms with Gasteiger partial charge in [-0.2, -0.15) is 0 Å². The Kier molecular flexibility index (Phi) is 5.22. The second-order valence-electron chi connectivity index (χ2n) is 5.14. The Morgan fingerprint density at radius 3 is 2.62 bits per heavy atom. The summed E-state index contributed by atoms with van der Waals surface area (Å²) in [6.07, 6.45) is 7.66. The highest BCUT2D eigenvalue weighted by molar-refractivity contribution is 5.72. The van der Waals surface area contributed by atoms with Gasteiger partial charge in [-0.05, 0) is 39.2 Å². The average Bonchev–Trinajstić information content (AvgIpc) is 2.64. The van der Waals surface area contributed by atoms with Crippen molar-refractivity contribution < 1.29 is 9.90 Å². The Hall–Kier alpha value is -0.610. The summed E-state index contributed by atoms with van der Waals surface area (Å²) < 4.78 is 0. The van der Waals surface area contributed by atoms with E-state index in [9.17, 15) is 4.79 Å². The highest BCUT2D eigenvalue weighted by atomic mass is 16.4. The van der Waals surface area contributed by atoms with Crippen molar-refractivity contribution in [1.29, 1.82) is 0 Å². The fraction of sp³-hybridized carbons (Fsp3) is 0.917. The molecule has 4 N–H and O–H groups in total. The van der Waals surface area contributed by atoms with Crippen molar-refractivity contribution >= 4 is 5.97 Å². The molecule has 1 atom stereocenters. The number of carboxylic acid groups (broad SMARTS) is 1. The summed E-state index contributed by atoms with van der Waals surface area (Å²) in [5.74, 6) is -0.893. The van der Waals surface area contributed by atoms with Gasteiger partial charge in [0.05, 0.1) is 0 Å². The second-order valence-corrected chi connectivity index (χ2v) is 5.14. The number of nitrogens with one attached hydrogen (secondary N) is 1. The Morgan fingerprint density at radius 1 is 1.44 bits per heavy atom. The minimum atomic E-state index is -0.893. The summed E-state index contributed by atoms with van der Waals surface area (Å²) in [5, 5.41) is 12.2. The number of carbonyl (C=O) groups is 1. The number of rotatable bonds is 7. The van der Waals surface area contributed by atoms with Crippen molar-refractivity contribution in [1.82, 2.24) is 5.32 Å². The Balaban J connectivity index is 2.01. The van der Waals surface area contributed by atoms with E-state index in [-0.39, 0.29) is 0 Å². The van der Waals surface area contributed by atoms with Gasteiger partial charge in [-0.1, -0.05) is 19.3 Å². The lowest BCUT2D eigenvalue weighted by molar-refractivity contribution is -0.138. The molecular weight excluding hydrogens is 204 g/mol. The minimum absolute atomic E-state index is 0.328. The molecule has 94 valence electrons. The number of aliphatic carboxylic acids is 1. The number of nitrogens with two attached hydrogens (primary N) is 1. The molecule has 1 aliphatic carbocycles. The maximum Gasteiger partial charge on any atom is 0.320 e. The zero-order valence-electron chi connectivity index (χ0n) is 10.2. The molecular formula is C12H24N2O2. The van der Waals surface area contributed by atoms with Crippen LogP contribution in [0.5, 0.6) is 0 Å². The quantitative estimate of drug-likeness (QED) is 0.577. The van der Waals surface area contributed by atoms with Crippen molar-refractivity contribution in [2.24, 2.45) is 5.73 Å². The molecule has 16 heavy (non-hydrogen) atoms. The van der Waals surface area contributed by atoms with E-state index in [1.54, 1.807) is 0 Å². The fourth-order valence-corrected chi connectivity index (χ4v) is 2.33. The van der Waals surface area contributed by atoms with Crippen LogP contribution >= 0.6 is 0 Å². The van der Waals surface area contributed by atoms with E-state index in [0.717, 1.165) is 19.4 Å². The standard InChI is InChI=1S/C12H24N2O2/c1-12(7-3-4-8-12)14-9-5-2-6-10(13)11(15)16/h10,14H,2-9,13H2,1H3,(H,15,16)/t10-/m0/s1. The summed E-state index contributed by atoms with van der Waals surface area (Å²) in [6.45, 7) is 3.26. The first-order valence-corrected chi connectivity index (χ1v) is 6.27. The molecule has 1 fully saturated rings. The molecule has 4 nitrogen and oxygen atoms in total. The van der Waals surface area contributed by atoms with Gasteiger partial charge in [-0.3, -0.25) is 4.79 Å². The predicted molar refractivity (Wildman–Crippen MR) is 64.3 cm³/mol. The van der Waals surface area contributed by atoms with Crippen LogP contribution in [-0.2, 0) is 4.79 Å². The molecule has 4 heteroatoms. The Labute approximate surface area is 97.6 Å². The molecule has 1 saturated carbocycles. The largest absolute Gasteiger partial charge is 0.480 e. The molecule has 0 amide bonds. The van der Waals surface area contributed by atoms with E-state index in [1.165, 1.54) is 25.7 Å². The normalized spacial score (nSPS) is 20.9. The highest BCUT2D eigenvalue weighted by Crippen LogP contribution is 2.28. The third kappa shape index (κ3) is 4.49. The molecule has 0 heterocycles. The van der Waals surface area contributed by atoms with Crippen LogP contribution < -0.4 is 11.1 Å². The predicted octanol–water partition coefficient (Wildman–Crippen LogP) is 1.49. The summed E-state index contributed by atoms with van der Waals surface area (Å²) in [5.41, 5.74) is 5.76. The zero-order valence-corrected chi connectivity index (χ0v) is 10.2. The molecule has 0 radical (unpaired) electrons. The first kappa shape index (κ1) is 13.5. The number of carboxylic acids is 1. The summed E-state index contributed by atoms with van der Waals surface area (Å²) in [7, 11) is 0. The van der Waals surface area contributed by atoms with Crippen LogP contribution in [0, 0.1) is 0 Å². The topological polar surface area (TPSA) is 75.3 Å². The van der Waals surface area contributed by atoms with Crippen molar-refractivity contribution in [3.63, 3.8) is 0 Å². The number of unbranched alkanes of at least 4 members (excludes halogenated alkanes) is 1. The zero-order chi connectivity index (χ0) is 12.0. The van der Waals surface area contributed by atoms with Gasteiger partial charge >= 0.3 is 5.97 Å². The van der Waals surface area contributed by atoms with Gasteiger partial charge in [0.1, 0.15) is 6.04 Å². The van der Waals surface area contributed by atoms with Crippen molar-refractivity contribution in [2.75, 3.05) is 6.54 Å². The lowest BCUT2D eigenvalue weighted by Gasteiger charge is -2.25. The molecule has 1 aliphatic rings. The monoisotopic (exact) mass is 228 g/mol. The van der Waals surface area contributed by atoms with Crippen molar-refractivity contribution in [3.05, 3.63) is 0 Å². The van der Waals surface area contributed by atoms with Crippen molar-refractivity contribution in [2.45, 2.75) is 63.5 Å². The smallest absolute Gasteiger partial charge is 0.320 e. The highest BCUT2D eigenvalue weighted by Gasteiger charge is 2.27. The van der Waals surface area contributed by atoms with Gasteiger partial charge in [0.25, 0.3) is 0 Å². The SMILES string of the molecule is CC1(NCCCC[C@H](N)C(=O)O)CCCC1. The molecule has 0 aromatic heterocycles. The van der Waals surface area contributed by atoms with E-state index in [4.69, 9.17) is 10.8 Å². The van der Waals surface area contributed by atoms with E-state index in [2.05, 4.69) is 12.2 Å². The van der Waals surface area contributed by atoms with Crippen LogP contribution in [0.2, 0.25) is 0 Å². The third-order valence-corrected chi connectivity index (χ3v) is 3.52. The molecule has 0 aromatic rings. The molecule has 1 rings (SSSR count). The summed E-state index contributed by atoms with van der Waals surface area (Å²) in [6, 6.07) is -0.693. The molecule has 0 saturated heterocycles. The van der Waals surface area contributed by atoms with Crippen LogP contribution in [0.3, 0.4) is 0 Å². The van der Waals surface area contributed by atoms with E-state index >= 15 is 0 Å². The minimum Gasteiger partial charge on any atom is -0.480 e. The van der Waals surface area contributed by atoms with Crippen molar-refractivity contribution in [3.8, 4) is 0 Å². The number of hydrogen-bond acceptors (Lipinski definition) is 3. The van der Waals surface area contributed by atoms with Crippen LogP contribution in [0.1, 0.15) is 51.9 Å². The molecule has 0 unspecified atom stereocenters. The van der Waals surface area contributed by atoms with Gasteiger partial charge < -0.3 is 16.2 Å². The van der Waals surface area contributed by atoms with E-state index in [1.807, 2.05) is 0 Å². The molecule has 0 aromatic carbocycles. The second kappa shape index (κ2) is 6.21. The Bertz CT molecular complexity index is 225. The lowest BCUT2D eigenvalue weighted by Crippen LogP contribution is -2.40. The maximum absolute atomic E-state index is 10.5. The summed E-state index contributed by atoms with van der Waals surface area (Å²) >= 11 is 0. The van der Waals surface area contributed by atoms with Gasteiger partial charge in [0.15, 0.2) is 0 Å². The fourth-order valence-electron chi connectivity index (χ4n) is 2.33. The maximum atomic E-state index is 10.5. The first-order valence-electron chi connectivity index (χ1n) is 6.27. The Morgan fingerprint density at radius 2 is 2.06 bits per heavy atom. The van der Waals surface area contributed by atoms with Gasteiger partial charge in [-0.15, -0.1) is 0 Å². The molecule has 0 spiro atoms. The lowest BCUT2D eigenvalue weighted by atomic mass is 10.0. The molecule has 0 aliphatic heterocycles. The average molecular weight is 228 g/mol. The van der Waals surface area contributed by atoms with Crippen LogP contribution in [0.4, 0.5) is 0 Å². The van der Waals surface area contributed by atoms with E-state index < -0.39 is 12.0 Å².